The third-order valence-electron chi connectivity index (χ3n) is 3.21. The number of benzene rings is 2. The molecule has 0 bridgehead atoms. The Morgan fingerprint density at radius 3 is 2.24 bits per heavy atom. The summed E-state index contributed by atoms with van der Waals surface area (Å²) in [5, 5.41) is 8.85. The van der Waals surface area contributed by atoms with E-state index in [2.05, 4.69) is 16.0 Å². The summed E-state index contributed by atoms with van der Waals surface area (Å²) in [6, 6.07) is 16.0. The number of amides is 1. The van der Waals surface area contributed by atoms with Crippen molar-refractivity contribution in [1.29, 1.82) is 0 Å². The van der Waals surface area contributed by atoms with E-state index in [9.17, 15) is 4.79 Å². The molecule has 0 heterocycles. The minimum absolute atomic E-state index is 0.273. The molecule has 1 atom stereocenters. The van der Waals surface area contributed by atoms with Gasteiger partial charge in [0.05, 0.1) is 7.11 Å². The van der Waals surface area contributed by atoms with Crippen molar-refractivity contribution < 1.29 is 9.53 Å². The summed E-state index contributed by atoms with van der Waals surface area (Å²) in [6.07, 6.45) is -0.755. The van der Waals surface area contributed by atoms with E-state index in [0.29, 0.717) is 5.56 Å². The van der Waals surface area contributed by atoms with Crippen LogP contribution < -0.4 is 20.7 Å². The van der Waals surface area contributed by atoms with Crippen molar-refractivity contribution in [2.45, 2.75) is 11.0 Å². The molecule has 0 aliphatic rings. The van der Waals surface area contributed by atoms with E-state index in [1.54, 1.807) is 43.5 Å². The maximum atomic E-state index is 12.2. The molecule has 2 rings (SSSR count). The third kappa shape index (κ3) is 6.08. The largest absolute Gasteiger partial charge is 0.497 e. The zero-order valence-electron chi connectivity index (χ0n) is 13.3. The number of methoxy groups -OCH3 is 1. The lowest BCUT2D eigenvalue weighted by Crippen LogP contribution is -2.52. The molecule has 0 fully saturated rings. The van der Waals surface area contributed by atoms with E-state index < -0.39 is 11.0 Å². The Labute approximate surface area is 161 Å². The van der Waals surface area contributed by atoms with Gasteiger partial charge in [-0.1, -0.05) is 18.2 Å². The van der Waals surface area contributed by atoms with Gasteiger partial charge in [0, 0.05) is 11.3 Å². The van der Waals surface area contributed by atoms with Crippen LogP contribution in [0.25, 0.3) is 0 Å². The van der Waals surface area contributed by atoms with Crippen molar-refractivity contribution in [3.05, 3.63) is 60.2 Å². The Morgan fingerprint density at radius 2 is 1.68 bits per heavy atom. The number of hydrogen-bond acceptors (Lipinski definition) is 3. The highest BCUT2D eigenvalue weighted by molar-refractivity contribution is 7.80. The van der Waals surface area contributed by atoms with Crippen molar-refractivity contribution in [2.75, 3.05) is 12.4 Å². The molecule has 0 spiro atoms. The Kier molecular flexibility index (Phi) is 7.31. The van der Waals surface area contributed by atoms with Crippen molar-refractivity contribution in [3.63, 3.8) is 0 Å². The number of anilines is 1. The van der Waals surface area contributed by atoms with Crippen molar-refractivity contribution in [2.24, 2.45) is 0 Å². The minimum atomic E-state index is -0.900. The van der Waals surface area contributed by atoms with E-state index in [-0.39, 0.29) is 11.0 Å². The average Bonchev–Trinajstić information content (AvgIpc) is 2.62. The van der Waals surface area contributed by atoms with Crippen LogP contribution >= 0.6 is 35.4 Å². The topological polar surface area (TPSA) is 62.4 Å². The number of carbonyl (C=O) groups excluding carboxylic acids is 1. The third-order valence-corrected chi connectivity index (χ3v) is 3.93. The average molecular weight is 398 g/mol. The minimum Gasteiger partial charge on any atom is -0.497 e. The molecule has 0 saturated carbocycles. The summed E-state index contributed by atoms with van der Waals surface area (Å²) in [5.74, 6) is 0.427. The van der Waals surface area contributed by atoms with Crippen LogP contribution in [0.5, 0.6) is 5.75 Å². The molecule has 2 aromatic carbocycles. The summed E-state index contributed by atoms with van der Waals surface area (Å²) in [7, 11) is 1.59. The lowest BCUT2D eigenvalue weighted by atomic mass is 10.2. The molecule has 1 amide bonds. The molecule has 5 nitrogen and oxygen atoms in total. The van der Waals surface area contributed by atoms with Crippen LogP contribution in [0.1, 0.15) is 10.4 Å². The molecular weight excluding hydrogens is 381 g/mol. The number of ether oxygens (including phenoxy) is 1. The van der Waals surface area contributed by atoms with Gasteiger partial charge in [0.15, 0.2) is 5.11 Å². The molecule has 2 aromatic rings. The van der Waals surface area contributed by atoms with Gasteiger partial charge in [-0.05, 0) is 48.6 Å². The Hall–Kier alpha value is -2.02. The van der Waals surface area contributed by atoms with E-state index in [1.807, 2.05) is 18.2 Å². The zero-order chi connectivity index (χ0) is 18.2. The van der Waals surface area contributed by atoms with Gasteiger partial charge in [-0.2, -0.15) is 0 Å². The van der Waals surface area contributed by atoms with Crippen molar-refractivity contribution in [1.82, 2.24) is 10.6 Å². The van der Waals surface area contributed by atoms with Gasteiger partial charge in [-0.15, -0.1) is 23.2 Å². The van der Waals surface area contributed by atoms with Crippen LogP contribution in [0.15, 0.2) is 54.6 Å². The molecule has 25 heavy (non-hydrogen) atoms. The zero-order valence-corrected chi connectivity index (χ0v) is 15.7. The summed E-state index contributed by atoms with van der Waals surface area (Å²) < 4.78 is 5.10. The van der Waals surface area contributed by atoms with Crippen LogP contribution in [0.3, 0.4) is 0 Å². The summed E-state index contributed by atoms with van der Waals surface area (Å²) in [4.78, 5) is 11.3. The number of rotatable bonds is 6. The second kappa shape index (κ2) is 9.46. The first-order valence-electron chi connectivity index (χ1n) is 7.35. The first-order valence-corrected chi connectivity index (χ1v) is 8.63. The van der Waals surface area contributed by atoms with E-state index in [4.69, 9.17) is 40.2 Å². The van der Waals surface area contributed by atoms with Crippen LogP contribution in [0.2, 0.25) is 0 Å². The summed E-state index contributed by atoms with van der Waals surface area (Å²) in [6.45, 7) is 0. The normalized spacial score (nSPS) is 11.5. The maximum Gasteiger partial charge on any atom is 0.252 e. The van der Waals surface area contributed by atoms with Gasteiger partial charge in [0.2, 0.25) is 0 Å². The molecule has 0 saturated heterocycles. The Bertz CT molecular complexity index is 712. The number of hydrogen-bond donors (Lipinski definition) is 3. The lowest BCUT2D eigenvalue weighted by molar-refractivity contribution is 0.0936. The molecule has 0 radical (unpaired) electrons. The molecule has 0 unspecified atom stereocenters. The predicted molar refractivity (Wildman–Crippen MR) is 106 cm³/mol. The standard InChI is InChI=1S/C17H17Cl2N3O2S/c1-24-13-9-7-12(8-10-13)20-17(25)22-15(14(18)19)21-16(23)11-5-3-2-4-6-11/h2-10,14-15H,1H3,(H,21,23)(H2,20,22,25)/t15-/m0/s1. The van der Waals surface area contributed by atoms with Gasteiger partial charge in [-0.25, -0.2) is 0 Å². The van der Waals surface area contributed by atoms with Crippen LogP contribution in [-0.2, 0) is 0 Å². The van der Waals surface area contributed by atoms with Crippen molar-refractivity contribution in [3.8, 4) is 5.75 Å². The first-order chi connectivity index (χ1) is 12.0. The quantitative estimate of drug-likeness (QED) is 0.395. The number of nitrogens with one attached hydrogen (secondary N) is 3. The SMILES string of the molecule is COc1ccc(NC(=S)N[C@H](NC(=O)c2ccccc2)C(Cl)Cl)cc1. The van der Waals surface area contributed by atoms with E-state index >= 15 is 0 Å². The molecule has 132 valence electrons. The predicted octanol–water partition coefficient (Wildman–Crippen LogP) is 3.54. The van der Waals surface area contributed by atoms with Crippen LogP contribution in [0, 0.1) is 0 Å². The van der Waals surface area contributed by atoms with Crippen LogP contribution in [0.4, 0.5) is 5.69 Å². The highest BCUT2D eigenvalue weighted by Crippen LogP contribution is 2.15. The number of alkyl halides is 2. The fourth-order valence-electron chi connectivity index (χ4n) is 1.96. The molecule has 0 aromatic heterocycles. The number of carbonyl (C=O) groups is 1. The smallest absolute Gasteiger partial charge is 0.252 e. The van der Waals surface area contributed by atoms with Crippen molar-refractivity contribution >= 4 is 52.1 Å². The van der Waals surface area contributed by atoms with Gasteiger partial charge in [0.1, 0.15) is 16.8 Å². The second-order valence-electron chi connectivity index (χ2n) is 4.98. The number of thiocarbonyl (C=S) groups is 1. The molecule has 8 heteroatoms. The highest BCUT2D eigenvalue weighted by Gasteiger charge is 2.21. The fourth-order valence-corrected chi connectivity index (χ4v) is 2.46. The molecular formula is C17H17Cl2N3O2S. The second-order valence-corrected chi connectivity index (χ2v) is 6.55. The van der Waals surface area contributed by atoms with Gasteiger partial charge in [-0.3, -0.25) is 4.79 Å². The summed E-state index contributed by atoms with van der Waals surface area (Å²) in [5.41, 5.74) is 1.25. The monoisotopic (exact) mass is 397 g/mol. The maximum absolute atomic E-state index is 12.2. The molecule has 0 aliphatic heterocycles. The highest BCUT2D eigenvalue weighted by atomic mass is 35.5. The lowest BCUT2D eigenvalue weighted by Gasteiger charge is -2.23. The van der Waals surface area contributed by atoms with E-state index in [1.165, 1.54) is 0 Å². The van der Waals surface area contributed by atoms with E-state index in [0.717, 1.165) is 11.4 Å². The van der Waals surface area contributed by atoms with Gasteiger partial charge in [0.25, 0.3) is 5.91 Å². The molecule has 3 N–H and O–H groups in total. The number of halogens is 2. The van der Waals surface area contributed by atoms with Gasteiger partial charge < -0.3 is 20.7 Å². The first kappa shape index (κ1) is 19.3. The molecule has 0 aliphatic carbocycles. The van der Waals surface area contributed by atoms with Crippen LogP contribution in [-0.4, -0.2) is 29.1 Å². The Balaban J connectivity index is 1.95. The fraction of sp³-hybridized carbons (Fsp3) is 0.176. The van der Waals surface area contributed by atoms with Gasteiger partial charge >= 0.3 is 0 Å². The Morgan fingerprint density at radius 1 is 1.04 bits per heavy atom. The summed E-state index contributed by atoms with van der Waals surface area (Å²) >= 11 is 17.1.